The van der Waals surface area contributed by atoms with Crippen molar-refractivity contribution in [2.75, 3.05) is 19.5 Å². The first-order valence-electron chi connectivity index (χ1n) is 6.91. The van der Waals surface area contributed by atoms with Crippen LogP contribution in [0.25, 0.3) is 5.82 Å². The van der Waals surface area contributed by atoms with Gasteiger partial charge in [0.1, 0.15) is 36.3 Å². The Morgan fingerprint density at radius 3 is 2.42 bits per heavy atom. The standard InChI is InChI=1S/C15H14N6O3/c1-23-11-3-10(4-12(5-11)24-2)15(22)20-13-6-14(18-8-17-13)21-9-16-7-19-21/h3-9H,1-2H3,(H,17,18,20,22). The van der Waals surface area contributed by atoms with Crippen molar-refractivity contribution in [3.8, 4) is 17.3 Å². The predicted molar refractivity (Wildman–Crippen MR) is 84.4 cm³/mol. The van der Waals surface area contributed by atoms with Crippen molar-refractivity contribution < 1.29 is 14.3 Å². The molecule has 2 heterocycles. The van der Waals surface area contributed by atoms with E-state index in [4.69, 9.17) is 9.47 Å². The van der Waals surface area contributed by atoms with Crippen molar-refractivity contribution in [2.24, 2.45) is 0 Å². The summed E-state index contributed by atoms with van der Waals surface area (Å²) in [6, 6.07) is 6.49. The largest absolute Gasteiger partial charge is 0.497 e. The second-order valence-corrected chi connectivity index (χ2v) is 4.66. The maximum Gasteiger partial charge on any atom is 0.257 e. The van der Waals surface area contributed by atoms with Crippen molar-refractivity contribution >= 4 is 11.7 Å². The third-order valence-electron chi connectivity index (χ3n) is 3.16. The molecule has 0 spiro atoms. The fourth-order valence-corrected chi connectivity index (χ4v) is 1.99. The molecule has 0 bridgehead atoms. The molecule has 0 aliphatic rings. The molecule has 3 rings (SSSR count). The average Bonchev–Trinajstić information content (AvgIpc) is 3.16. The number of carbonyl (C=O) groups excluding carboxylic acids is 1. The second-order valence-electron chi connectivity index (χ2n) is 4.66. The molecule has 3 aromatic rings. The number of nitrogens with one attached hydrogen (secondary N) is 1. The third-order valence-corrected chi connectivity index (χ3v) is 3.16. The Hall–Kier alpha value is -3.49. The minimum atomic E-state index is -0.351. The van der Waals surface area contributed by atoms with Crippen LogP contribution in [0.1, 0.15) is 10.4 Å². The number of rotatable bonds is 5. The summed E-state index contributed by atoms with van der Waals surface area (Å²) in [7, 11) is 3.04. The van der Waals surface area contributed by atoms with Crippen molar-refractivity contribution in [2.45, 2.75) is 0 Å². The zero-order valence-electron chi connectivity index (χ0n) is 13.0. The van der Waals surface area contributed by atoms with Gasteiger partial charge in [-0.1, -0.05) is 0 Å². The first kappa shape index (κ1) is 15.4. The van der Waals surface area contributed by atoms with Crippen molar-refractivity contribution in [1.29, 1.82) is 0 Å². The zero-order chi connectivity index (χ0) is 16.9. The van der Waals surface area contributed by atoms with Gasteiger partial charge in [-0.15, -0.1) is 0 Å². The van der Waals surface area contributed by atoms with Crippen LogP contribution in [0.2, 0.25) is 0 Å². The Bertz CT molecular complexity index is 828. The molecular weight excluding hydrogens is 312 g/mol. The van der Waals surface area contributed by atoms with Gasteiger partial charge in [0.05, 0.1) is 14.2 Å². The van der Waals surface area contributed by atoms with Crippen LogP contribution in [0.4, 0.5) is 5.82 Å². The number of aromatic nitrogens is 5. The molecule has 0 saturated carbocycles. The number of nitrogens with zero attached hydrogens (tertiary/aromatic N) is 5. The molecule has 0 fully saturated rings. The third kappa shape index (κ3) is 3.29. The van der Waals surface area contributed by atoms with Gasteiger partial charge in [-0.25, -0.2) is 19.6 Å². The number of hydrogen-bond acceptors (Lipinski definition) is 7. The van der Waals surface area contributed by atoms with Crippen LogP contribution in [0, 0.1) is 0 Å². The minimum absolute atomic E-state index is 0.335. The fourth-order valence-electron chi connectivity index (χ4n) is 1.99. The normalized spacial score (nSPS) is 10.2. The van der Waals surface area contributed by atoms with Gasteiger partial charge in [-0.3, -0.25) is 4.79 Å². The Balaban J connectivity index is 1.84. The summed E-state index contributed by atoms with van der Waals surface area (Å²) in [6.45, 7) is 0. The number of hydrogen-bond donors (Lipinski definition) is 1. The molecule has 1 amide bonds. The van der Waals surface area contributed by atoms with Crippen molar-refractivity contribution in [3.63, 3.8) is 0 Å². The van der Waals surface area contributed by atoms with Gasteiger partial charge in [0, 0.05) is 17.7 Å². The quantitative estimate of drug-likeness (QED) is 0.754. The van der Waals surface area contributed by atoms with Crippen LogP contribution in [0.15, 0.2) is 43.2 Å². The first-order valence-corrected chi connectivity index (χ1v) is 6.91. The number of anilines is 1. The summed E-state index contributed by atoms with van der Waals surface area (Å²) in [6.07, 6.45) is 4.22. The molecular formula is C15H14N6O3. The van der Waals surface area contributed by atoms with Gasteiger partial charge in [0.15, 0.2) is 5.82 Å². The molecule has 1 aromatic carbocycles. The number of ether oxygens (including phenoxy) is 2. The zero-order valence-corrected chi connectivity index (χ0v) is 13.0. The highest BCUT2D eigenvalue weighted by molar-refractivity contribution is 6.04. The fraction of sp³-hybridized carbons (Fsp3) is 0.133. The molecule has 0 saturated heterocycles. The smallest absolute Gasteiger partial charge is 0.257 e. The number of carbonyl (C=O) groups is 1. The van der Waals surface area contributed by atoms with E-state index in [0.717, 1.165) is 0 Å². The van der Waals surface area contributed by atoms with Gasteiger partial charge in [0.25, 0.3) is 5.91 Å². The van der Waals surface area contributed by atoms with E-state index in [1.807, 2.05) is 0 Å². The highest BCUT2D eigenvalue weighted by Crippen LogP contribution is 2.23. The number of methoxy groups -OCH3 is 2. The summed E-state index contributed by atoms with van der Waals surface area (Å²) in [5.74, 6) is 1.51. The Kier molecular flexibility index (Phi) is 4.32. The summed E-state index contributed by atoms with van der Waals surface area (Å²) in [4.78, 5) is 24.4. The highest BCUT2D eigenvalue weighted by Gasteiger charge is 2.12. The summed E-state index contributed by atoms with van der Waals surface area (Å²) >= 11 is 0. The van der Waals surface area contributed by atoms with E-state index in [1.54, 1.807) is 24.3 Å². The van der Waals surface area contributed by atoms with Gasteiger partial charge in [-0.2, -0.15) is 5.10 Å². The Labute approximate surface area is 137 Å². The van der Waals surface area contributed by atoms with Crippen molar-refractivity contribution in [1.82, 2.24) is 24.7 Å². The lowest BCUT2D eigenvalue weighted by molar-refractivity contribution is 0.102. The van der Waals surface area contributed by atoms with Crippen LogP contribution in [-0.2, 0) is 0 Å². The van der Waals surface area contributed by atoms with Gasteiger partial charge < -0.3 is 14.8 Å². The lowest BCUT2D eigenvalue weighted by Gasteiger charge is -2.09. The van der Waals surface area contributed by atoms with Crippen LogP contribution in [-0.4, -0.2) is 44.9 Å². The molecule has 9 nitrogen and oxygen atoms in total. The highest BCUT2D eigenvalue weighted by atomic mass is 16.5. The van der Waals surface area contributed by atoms with Crippen molar-refractivity contribution in [3.05, 3.63) is 48.8 Å². The van der Waals surface area contributed by atoms with Crippen LogP contribution >= 0.6 is 0 Å². The predicted octanol–water partition coefficient (Wildman–Crippen LogP) is 1.33. The Morgan fingerprint density at radius 1 is 1.04 bits per heavy atom. The molecule has 122 valence electrons. The Morgan fingerprint density at radius 2 is 1.79 bits per heavy atom. The van der Waals surface area contributed by atoms with E-state index >= 15 is 0 Å². The molecule has 1 N–H and O–H groups in total. The van der Waals surface area contributed by atoms with Gasteiger partial charge in [-0.05, 0) is 12.1 Å². The van der Waals surface area contributed by atoms with E-state index in [0.29, 0.717) is 28.7 Å². The van der Waals surface area contributed by atoms with Crippen LogP contribution in [0.3, 0.4) is 0 Å². The van der Waals surface area contributed by atoms with E-state index in [9.17, 15) is 4.79 Å². The van der Waals surface area contributed by atoms with Crippen LogP contribution in [0.5, 0.6) is 11.5 Å². The molecule has 0 unspecified atom stereocenters. The topological polar surface area (TPSA) is 104 Å². The van der Waals surface area contributed by atoms with E-state index in [2.05, 4.69) is 25.4 Å². The molecule has 0 radical (unpaired) electrons. The first-order chi connectivity index (χ1) is 11.7. The molecule has 0 atom stereocenters. The maximum absolute atomic E-state index is 12.4. The molecule has 0 aliphatic carbocycles. The number of amides is 1. The summed E-state index contributed by atoms with van der Waals surface area (Å²) in [5.41, 5.74) is 0.382. The SMILES string of the molecule is COc1cc(OC)cc(C(=O)Nc2cc(-n3cncn3)ncn2)c1. The van der Waals surface area contributed by atoms with E-state index < -0.39 is 0 Å². The van der Waals surface area contributed by atoms with Gasteiger partial charge >= 0.3 is 0 Å². The maximum atomic E-state index is 12.4. The number of benzene rings is 1. The second kappa shape index (κ2) is 6.73. The molecule has 0 aliphatic heterocycles. The van der Waals surface area contributed by atoms with E-state index in [1.165, 1.54) is 37.9 Å². The average molecular weight is 326 g/mol. The summed E-state index contributed by atoms with van der Waals surface area (Å²) < 4.78 is 11.8. The lowest BCUT2D eigenvalue weighted by atomic mass is 10.2. The molecule has 9 heteroatoms. The van der Waals surface area contributed by atoms with Gasteiger partial charge in [0.2, 0.25) is 0 Å². The molecule has 24 heavy (non-hydrogen) atoms. The lowest BCUT2D eigenvalue weighted by Crippen LogP contribution is -2.14. The monoisotopic (exact) mass is 326 g/mol. The van der Waals surface area contributed by atoms with Crippen LogP contribution < -0.4 is 14.8 Å². The van der Waals surface area contributed by atoms with E-state index in [-0.39, 0.29) is 5.91 Å². The minimum Gasteiger partial charge on any atom is -0.497 e. The summed E-state index contributed by atoms with van der Waals surface area (Å²) in [5, 5.41) is 6.68. The molecule has 2 aromatic heterocycles.